The molecule has 296 valence electrons. The van der Waals surface area contributed by atoms with Crippen molar-refractivity contribution in [2.45, 2.75) is 136 Å². The molecule has 0 amide bonds. The monoisotopic (exact) mass is 761 g/mol. The second-order valence-electron chi connectivity index (χ2n) is 22.5. The van der Waals surface area contributed by atoms with Gasteiger partial charge in [0.25, 0.3) is 0 Å². The molecule has 3 aliphatic heterocycles. The molecule has 0 atom stereocenters. The Kier molecular flexibility index (Phi) is 8.05. The molecule has 6 aromatic rings. The molecular formula is C57H63N. The lowest BCUT2D eigenvalue weighted by atomic mass is 9.60. The van der Waals surface area contributed by atoms with Crippen LogP contribution in [0, 0.1) is 0 Å². The number of hydrogen-bond acceptors (Lipinski definition) is 1. The Morgan fingerprint density at radius 3 is 0.655 bits per heavy atom. The van der Waals surface area contributed by atoms with Crippen LogP contribution in [0.15, 0.2) is 109 Å². The molecule has 0 aliphatic carbocycles. The summed E-state index contributed by atoms with van der Waals surface area (Å²) in [4.78, 5) is 2.72. The summed E-state index contributed by atoms with van der Waals surface area (Å²) in [7, 11) is 0. The van der Waals surface area contributed by atoms with Crippen molar-refractivity contribution >= 4 is 17.1 Å². The van der Waals surface area contributed by atoms with Crippen molar-refractivity contribution in [2.24, 2.45) is 0 Å². The highest BCUT2D eigenvalue weighted by atomic mass is 15.2. The number of rotatable bonds is 3. The Bertz CT molecular complexity index is 2260. The lowest BCUT2D eigenvalue weighted by Crippen LogP contribution is -2.43. The molecule has 0 saturated carbocycles. The first-order valence-electron chi connectivity index (χ1n) is 21.6. The standard InChI is InChI=1S/C57H63N/c1-52(2,3)40-22-16-34(17-23-40)37-28-43-49-44(29-37)56(12,13)46-31-39(36-20-26-42(27-21-36)54(7,8)9)33-48-51(46)58(49)50-45(55(43,10)11)30-38(32-47(50)57(48,14)15)35-18-24-41(25-19-35)53(4,5)6/h16-33H,1-15H3. The van der Waals surface area contributed by atoms with Gasteiger partial charge in [0.05, 0.1) is 17.1 Å². The minimum Gasteiger partial charge on any atom is -0.309 e. The third-order valence-electron chi connectivity index (χ3n) is 14.3. The SMILES string of the molecule is CC(C)(C)c1ccc(-c2cc3c4c(c2)C(C)(C)c2cc(-c5ccc(C(C)(C)C)cc5)cc5c2N4c2c(cc(-c4ccc(C(C)(C)C)cc4)cc2C5(C)C)C3(C)C)cc1. The molecule has 3 heterocycles. The van der Waals surface area contributed by atoms with Crippen molar-refractivity contribution < 1.29 is 0 Å². The summed E-state index contributed by atoms with van der Waals surface area (Å²) in [5.41, 5.74) is 23.9. The van der Waals surface area contributed by atoms with Crippen molar-refractivity contribution in [1.29, 1.82) is 0 Å². The van der Waals surface area contributed by atoms with Crippen LogP contribution < -0.4 is 4.90 Å². The van der Waals surface area contributed by atoms with E-state index in [9.17, 15) is 0 Å². The second kappa shape index (κ2) is 12.1. The highest BCUT2D eigenvalue weighted by Gasteiger charge is 2.52. The Morgan fingerprint density at radius 2 is 0.483 bits per heavy atom. The van der Waals surface area contributed by atoms with Gasteiger partial charge in [0, 0.05) is 16.2 Å². The van der Waals surface area contributed by atoms with E-state index in [2.05, 4.69) is 218 Å². The zero-order valence-electron chi connectivity index (χ0n) is 37.8. The molecular weight excluding hydrogens is 699 g/mol. The van der Waals surface area contributed by atoms with Gasteiger partial charge in [-0.3, -0.25) is 0 Å². The Morgan fingerprint density at radius 1 is 0.293 bits per heavy atom. The topological polar surface area (TPSA) is 3.24 Å². The fourth-order valence-electron chi connectivity index (χ4n) is 10.2. The first kappa shape index (κ1) is 38.6. The third kappa shape index (κ3) is 5.62. The van der Waals surface area contributed by atoms with Crippen molar-refractivity contribution in [1.82, 2.24) is 0 Å². The lowest BCUT2D eigenvalue weighted by molar-refractivity contribution is 0.567. The van der Waals surface area contributed by atoms with Crippen LogP contribution in [0.3, 0.4) is 0 Å². The van der Waals surface area contributed by atoms with Gasteiger partial charge in [0.15, 0.2) is 0 Å². The zero-order valence-corrected chi connectivity index (χ0v) is 37.8. The summed E-state index contributed by atoms with van der Waals surface area (Å²) >= 11 is 0. The Balaban J connectivity index is 1.35. The molecule has 0 unspecified atom stereocenters. The number of benzene rings is 6. The number of hydrogen-bond donors (Lipinski definition) is 0. The van der Waals surface area contributed by atoms with Gasteiger partial charge in [0.1, 0.15) is 0 Å². The molecule has 3 aliphatic rings. The molecule has 0 fully saturated rings. The molecule has 1 heteroatoms. The number of anilines is 3. The fraction of sp³-hybridized carbons (Fsp3) is 0.368. The summed E-state index contributed by atoms with van der Waals surface area (Å²) < 4.78 is 0. The van der Waals surface area contributed by atoms with Gasteiger partial charge >= 0.3 is 0 Å². The van der Waals surface area contributed by atoms with Crippen molar-refractivity contribution in [3.8, 4) is 33.4 Å². The Hall–Kier alpha value is -4.88. The van der Waals surface area contributed by atoms with Gasteiger partial charge in [-0.15, -0.1) is 0 Å². The molecule has 58 heavy (non-hydrogen) atoms. The van der Waals surface area contributed by atoms with E-state index in [1.807, 2.05) is 0 Å². The summed E-state index contributed by atoms with van der Waals surface area (Å²) in [6, 6.07) is 43.3. The van der Waals surface area contributed by atoms with Crippen LogP contribution >= 0.6 is 0 Å². The van der Waals surface area contributed by atoms with E-state index < -0.39 is 0 Å². The fourth-order valence-corrected chi connectivity index (χ4v) is 10.2. The van der Waals surface area contributed by atoms with Crippen LogP contribution in [0.2, 0.25) is 0 Å². The van der Waals surface area contributed by atoms with Crippen LogP contribution in [0.5, 0.6) is 0 Å². The van der Waals surface area contributed by atoms with Crippen molar-refractivity contribution in [3.05, 3.63) is 159 Å². The third-order valence-corrected chi connectivity index (χ3v) is 14.3. The molecule has 1 nitrogen and oxygen atoms in total. The maximum absolute atomic E-state index is 2.72. The molecule has 0 aromatic heterocycles. The zero-order chi connectivity index (χ0) is 41.7. The van der Waals surface area contributed by atoms with Gasteiger partial charge in [-0.25, -0.2) is 0 Å². The van der Waals surface area contributed by atoms with Crippen LogP contribution in [0.25, 0.3) is 33.4 Å². The van der Waals surface area contributed by atoms with Crippen molar-refractivity contribution in [3.63, 3.8) is 0 Å². The molecule has 0 radical (unpaired) electrons. The van der Waals surface area contributed by atoms with Gasteiger partial charge < -0.3 is 4.90 Å². The normalized spacial score (nSPS) is 16.9. The summed E-state index contributed by atoms with van der Waals surface area (Å²) in [5, 5.41) is 0. The van der Waals surface area contributed by atoms with Crippen LogP contribution in [0.4, 0.5) is 17.1 Å². The largest absolute Gasteiger partial charge is 0.309 e. The van der Waals surface area contributed by atoms with E-state index in [0.29, 0.717) is 0 Å². The van der Waals surface area contributed by atoms with Crippen LogP contribution in [0.1, 0.15) is 154 Å². The smallest absolute Gasteiger partial charge is 0.0544 e. The molecule has 0 N–H and O–H groups in total. The van der Waals surface area contributed by atoms with E-state index in [1.165, 1.54) is 101 Å². The molecule has 0 bridgehead atoms. The number of nitrogens with zero attached hydrogens (tertiary/aromatic N) is 1. The van der Waals surface area contributed by atoms with Crippen LogP contribution in [-0.2, 0) is 32.5 Å². The van der Waals surface area contributed by atoms with E-state index in [-0.39, 0.29) is 32.5 Å². The van der Waals surface area contributed by atoms with E-state index in [4.69, 9.17) is 0 Å². The summed E-state index contributed by atoms with van der Waals surface area (Å²) in [6.07, 6.45) is 0. The maximum Gasteiger partial charge on any atom is 0.0544 e. The van der Waals surface area contributed by atoms with Gasteiger partial charge in [-0.2, -0.15) is 0 Å². The van der Waals surface area contributed by atoms with Gasteiger partial charge in [-0.1, -0.05) is 177 Å². The first-order chi connectivity index (χ1) is 26.9. The maximum atomic E-state index is 2.72. The Labute approximate surface area is 349 Å². The van der Waals surface area contributed by atoms with Crippen LogP contribution in [-0.4, -0.2) is 0 Å². The molecule has 0 spiro atoms. The lowest BCUT2D eigenvalue weighted by Gasteiger charge is -2.55. The summed E-state index contributed by atoms with van der Waals surface area (Å²) in [6.45, 7) is 35.6. The quantitative estimate of drug-likeness (QED) is 0.174. The highest BCUT2D eigenvalue weighted by Crippen LogP contribution is 2.67. The van der Waals surface area contributed by atoms with Gasteiger partial charge in [-0.05, 0) is 136 Å². The second-order valence-corrected chi connectivity index (χ2v) is 22.5. The van der Waals surface area contributed by atoms with Gasteiger partial charge in [0.2, 0.25) is 0 Å². The highest BCUT2D eigenvalue weighted by molar-refractivity contribution is 6.01. The molecule has 9 rings (SSSR count). The average Bonchev–Trinajstić information content (AvgIpc) is 3.15. The van der Waals surface area contributed by atoms with E-state index >= 15 is 0 Å². The van der Waals surface area contributed by atoms with E-state index in [1.54, 1.807) is 0 Å². The van der Waals surface area contributed by atoms with E-state index in [0.717, 1.165) is 0 Å². The predicted molar refractivity (Wildman–Crippen MR) is 250 cm³/mol. The van der Waals surface area contributed by atoms with Crippen molar-refractivity contribution in [2.75, 3.05) is 4.90 Å². The minimum absolute atomic E-state index is 0.102. The molecule has 0 saturated heterocycles. The first-order valence-corrected chi connectivity index (χ1v) is 21.6. The molecule has 6 aromatic carbocycles. The minimum atomic E-state index is -0.247. The summed E-state index contributed by atoms with van der Waals surface area (Å²) in [5.74, 6) is 0. The average molecular weight is 762 g/mol. The predicted octanol–water partition coefficient (Wildman–Crippen LogP) is 16.0.